The first-order valence-electron chi connectivity index (χ1n) is 6.39. The zero-order chi connectivity index (χ0) is 12.5. The molecule has 3 N–H and O–H groups in total. The van der Waals surface area contributed by atoms with Crippen molar-refractivity contribution in [1.29, 1.82) is 0 Å². The maximum atomic E-state index is 11.1. The molecule has 1 amide bonds. The minimum atomic E-state index is -0.432. The van der Waals surface area contributed by atoms with Gasteiger partial charge in [-0.15, -0.1) is 0 Å². The van der Waals surface area contributed by atoms with Crippen LogP contribution in [0.15, 0.2) is 0 Å². The molecule has 17 heavy (non-hydrogen) atoms. The van der Waals surface area contributed by atoms with Crippen molar-refractivity contribution in [3.8, 4) is 0 Å². The van der Waals surface area contributed by atoms with Gasteiger partial charge in [0.15, 0.2) is 0 Å². The largest absolute Gasteiger partial charge is 0.381 e. The Hall–Kier alpha value is -0.650. The zero-order valence-corrected chi connectivity index (χ0v) is 10.6. The molecule has 0 radical (unpaired) electrons. The minimum Gasteiger partial charge on any atom is -0.381 e. The maximum absolute atomic E-state index is 11.1. The molecule has 100 valence electrons. The Morgan fingerprint density at radius 3 is 2.88 bits per heavy atom. The molecule has 0 bridgehead atoms. The molecule has 0 saturated carbocycles. The van der Waals surface area contributed by atoms with Crippen LogP contribution in [0.2, 0.25) is 0 Å². The summed E-state index contributed by atoms with van der Waals surface area (Å²) in [6.07, 6.45) is 3.03. The summed E-state index contributed by atoms with van der Waals surface area (Å²) in [5.41, 5.74) is 5.42. The molecule has 0 aromatic heterocycles. The third-order valence-electron chi connectivity index (χ3n) is 2.87. The van der Waals surface area contributed by atoms with Gasteiger partial charge in [0.2, 0.25) is 5.91 Å². The second-order valence-corrected chi connectivity index (χ2v) is 4.56. The van der Waals surface area contributed by atoms with Gasteiger partial charge in [-0.25, -0.2) is 0 Å². The standard InChI is InChI=1S/C12H24N2O3/c1-10(13)12(15)14-5-2-6-17-9-11-3-7-16-8-4-11/h10-11H,2-9,13H2,1H3,(H,14,15)/t10-/m0/s1. The average molecular weight is 244 g/mol. The van der Waals surface area contributed by atoms with Crippen LogP contribution in [-0.4, -0.2) is 44.9 Å². The van der Waals surface area contributed by atoms with Crippen LogP contribution < -0.4 is 11.1 Å². The van der Waals surface area contributed by atoms with E-state index in [0.717, 1.165) is 39.1 Å². The summed E-state index contributed by atoms with van der Waals surface area (Å²) < 4.78 is 10.9. The molecule has 0 unspecified atom stereocenters. The molecular weight excluding hydrogens is 220 g/mol. The van der Waals surface area contributed by atoms with Crippen molar-refractivity contribution in [2.24, 2.45) is 11.7 Å². The SMILES string of the molecule is C[C@H](N)C(=O)NCCCOCC1CCOCC1. The van der Waals surface area contributed by atoms with E-state index in [-0.39, 0.29) is 5.91 Å². The van der Waals surface area contributed by atoms with E-state index < -0.39 is 6.04 Å². The van der Waals surface area contributed by atoms with Crippen molar-refractivity contribution in [3.05, 3.63) is 0 Å². The predicted octanol–water partition coefficient (Wildman–Crippen LogP) is 0.283. The van der Waals surface area contributed by atoms with Gasteiger partial charge in [0.05, 0.1) is 6.04 Å². The maximum Gasteiger partial charge on any atom is 0.236 e. The Bertz CT molecular complexity index is 216. The quantitative estimate of drug-likeness (QED) is 0.631. The smallest absolute Gasteiger partial charge is 0.236 e. The van der Waals surface area contributed by atoms with Crippen LogP contribution in [0, 0.1) is 5.92 Å². The van der Waals surface area contributed by atoms with E-state index in [1.807, 2.05) is 0 Å². The fraction of sp³-hybridized carbons (Fsp3) is 0.917. The molecule has 1 aliphatic rings. The van der Waals surface area contributed by atoms with E-state index in [4.69, 9.17) is 15.2 Å². The van der Waals surface area contributed by atoms with Gasteiger partial charge in [-0.05, 0) is 32.1 Å². The molecule has 1 rings (SSSR count). The van der Waals surface area contributed by atoms with Crippen molar-refractivity contribution in [2.75, 3.05) is 33.0 Å². The van der Waals surface area contributed by atoms with Gasteiger partial charge >= 0.3 is 0 Å². The molecule has 5 heteroatoms. The van der Waals surface area contributed by atoms with Gasteiger partial charge in [0.1, 0.15) is 0 Å². The highest BCUT2D eigenvalue weighted by Gasteiger charge is 2.13. The molecule has 1 fully saturated rings. The summed E-state index contributed by atoms with van der Waals surface area (Å²) in [5.74, 6) is 0.539. The van der Waals surface area contributed by atoms with Gasteiger partial charge in [-0.3, -0.25) is 4.79 Å². The topological polar surface area (TPSA) is 73.6 Å². The average Bonchev–Trinajstić information content (AvgIpc) is 2.34. The Morgan fingerprint density at radius 1 is 1.53 bits per heavy atom. The van der Waals surface area contributed by atoms with Gasteiger partial charge in [-0.1, -0.05) is 0 Å². The molecule has 1 saturated heterocycles. The molecule has 0 aliphatic carbocycles. The number of nitrogens with one attached hydrogen (secondary N) is 1. The van der Waals surface area contributed by atoms with Crippen LogP contribution in [0.5, 0.6) is 0 Å². The van der Waals surface area contributed by atoms with Crippen LogP contribution >= 0.6 is 0 Å². The lowest BCUT2D eigenvalue weighted by Crippen LogP contribution is -2.38. The Kier molecular flexibility index (Phi) is 7.16. The number of amides is 1. The van der Waals surface area contributed by atoms with Crippen LogP contribution in [0.1, 0.15) is 26.2 Å². The molecule has 0 aromatic rings. The van der Waals surface area contributed by atoms with E-state index in [1.165, 1.54) is 0 Å². The summed E-state index contributed by atoms with van der Waals surface area (Å²) in [4.78, 5) is 11.1. The lowest BCUT2D eigenvalue weighted by atomic mass is 10.0. The molecule has 1 atom stereocenters. The second kappa shape index (κ2) is 8.44. The molecule has 5 nitrogen and oxygen atoms in total. The third kappa shape index (κ3) is 6.61. The Morgan fingerprint density at radius 2 is 2.24 bits per heavy atom. The normalized spacial score (nSPS) is 18.9. The van der Waals surface area contributed by atoms with Gasteiger partial charge < -0.3 is 20.5 Å². The number of carbonyl (C=O) groups excluding carboxylic acids is 1. The number of hydrogen-bond donors (Lipinski definition) is 2. The first-order chi connectivity index (χ1) is 8.20. The monoisotopic (exact) mass is 244 g/mol. The summed E-state index contributed by atoms with van der Waals surface area (Å²) in [5, 5.41) is 2.76. The van der Waals surface area contributed by atoms with E-state index in [1.54, 1.807) is 6.92 Å². The molecule has 1 aliphatic heterocycles. The van der Waals surface area contributed by atoms with E-state index in [9.17, 15) is 4.79 Å². The minimum absolute atomic E-state index is 0.102. The first-order valence-corrected chi connectivity index (χ1v) is 6.39. The lowest BCUT2D eigenvalue weighted by Gasteiger charge is -2.21. The summed E-state index contributed by atoms with van der Waals surface area (Å²) in [6, 6.07) is -0.432. The molecule has 0 spiro atoms. The van der Waals surface area contributed by atoms with Crippen molar-refractivity contribution in [3.63, 3.8) is 0 Å². The summed E-state index contributed by atoms with van der Waals surface area (Å²) in [6.45, 7) is 5.53. The molecule has 0 aromatic carbocycles. The number of nitrogens with two attached hydrogens (primary N) is 1. The van der Waals surface area contributed by atoms with Crippen molar-refractivity contribution in [1.82, 2.24) is 5.32 Å². The first kappa shape index (κ1) is 14.4. The van der Waals surface area contributed by atoms with Crippen LogP contribution in [0.4, 0.5) is 0 Å². The number of rotatable bonds is 7. The van der Waals surface area contributed by atoms with Crippen molar-refractivity contribution < 1.29 is 14.3 Å². The predicted molar refractivity (Wildman–Crippen MR) is 65.6 cm³/mol. The Labute approximate surface area is 103 Å². The second-order valence-electron chi connectivity index (χ2n) is 4.56. The number of hydrogen-bond acceptors (Lipinski definition) is 4. The fourth-order valence-corrected chi connectivity index (χ4v) is 1.71. The fourth-order valence-electron chi connectivity index (χ4n) is 1.71. The Balaban J connectivity index is 1.88. The van der Waals surface area contributed by atoms with Gasteiger partial charge in [0, 0.05) is 33.0 Å². The highest BCUT2D eigenvalue weighted by molar-refractivity contribution is 5.80. The van der Waals surface area contributed by atoms with Crippen molar-refractivity contribution in [2.45, 2.75) is 32.2 Å². The molecule has 1 heterocycles. The summed E-state index contributed by atoms with van der Waals surface area (Å²) >= 11 is 0. The zero-order valence-electron chi connectivity index (χ0n) is 10.6. The molecular formula is C12H24N2O3. The van der Waals surface area contributed by atoms with Crippen molar-refractivity contribution >= 4 is 5.91 Å². The van der Waals surface area contributed by atoms with Crippen LogP contribution in [0.3, 0.4) is 0 Å². The number of carbonyl (C=O) groups is 1. The van der Waals surface area contributed by atoms with E-state index >= 15 is 0 Å². The van der Waals surface area contributed by atoms with E-state index in [2.05, 4.69) is 5.32 Å². The lowest BCUT2D eigenvalue weighted by molar-refractivity contribution is -0.122. The van der Waals surface area contributed by atoms with Crippen LogP contribution in [0.25, 0.3) is 0 Å². The highest BCUT2D eigenvalue weighted by atomic mass is 16.5. The van der Waals surface area contributed by atoms with Gasteiger partial charge in [0.25, 0.3) is 0 Å². The highest BCUT2D eigenvalue weighted by Crippen LogP contribution is 2.14. The van der Waals surface area contributed by atoms with Gasteiger partial charge in [-0.2, -0.15) is 0 Å². The number of ether oxygens (including phenoxy) is 2. The van der Waals surface area contributed by atoms with E-state index in [0.29, 0.717) is 19.1 Å². The summed E-state index contributed by atoms with van der Waals surface area (Å²) in [7, 11) is 0. The van der Waals surface area contributed by atoms with Crippen LogP contribution in [-0.2, 0) is 14.3 Å². The third-order valence-corrected chi connectivity index (χ3v) is 2.87.